The second-order valence-corrected chi connectivity index (χ2v) is 4.52. The maximum absolute atomic E-state index is 10.9. The van der Waals surface area contributed by atoms with Gasteiger partial charge in [0.25, 0.3) is 0 Å². The number of hydrogen-bond acceptors (Lipinski definition) is 3. The molecule has 1 unspecified atom stereocenters. The standard InChI is InChI=1S/C15H23NO3/c1-3-9-16-14(11-15(17)18)12-5-7-13(8-6-12)19-10-4-2/h5-8,14,16H,3-4,9-11H2,1-2H3,(H,17,18). The number of carboxylic acids is 1. The van der Waals surface area contributed by atoms with Crippen molar-refractivity contribution in [1.29, 1.82) is 0 Å². The molecule has 1 aromatic rings. The topological polar surface area (TPSA) is 58.6 Å². The summed E-state index contributed by atoms with van der Waals surface area (Å²) in [5.41, 5.74) is 0.986. The first-order valence-corrected chi connectivity index (χ1v) is 6.85. The summed E-state index contributed by atoms with van der Waals surface area (Å²) < 4.78 is 5.52. The van der Waals surface area contributed by atoms with E-state index in [-0.39, 0.29) is 12.5 Å². The van der Waals surface area contributed by atoms with E-state index in [9.17, 15) is 4.79 Å². The van der Waals surface area contributed by atoms with Crippen LogP contribution in [-0.2, 0) is 4.79 Å². The number of benzene rings is 1. The maximum Gasteiger partial charge on any atom is 0.305 e. The monoisotopic (exact) mass is 265 g/mol. The summed E-state index contributed by atoms with van der Waals surface area (Å²) in [4.78, 5) is 10.9. The molecule has 0 aliphatic carbocycles. The molecular formula is C15H23NO3. The second kappa shape index (κ2) is 8.53. The second-order valence-electron chi connectivity index (χ2n) is 4.52. The van der Waals surface area contributed by atoms with Gasteiger partial charge >= 0.3 is 5.97 Å². The zero-order chi connectivity index (χ0) is 14.1. The lowest BCUT2D eigenvalue weighted by atomic mass is 10.0. The van der Waals surface area contributed by atoms with Crippen LogP contribution in [0.3, 0.4) is 0 Å². The van der Waals surface area contributed by atoms with Crippen LogP contribution in [0, 0.1) is 0 Å². The van der Waals surface area contributed by atoms with Crippen molar-refractivity contribution >= 4 is 5.97 Å². The van der Waals surface area contributed by atoms with Crippen LogP contribution in [0.2, 0.25) is 0 Å². The molecule has 0 heterocycles. The molecule has 0 amide bonds. The van der Waals surface area contributed by atoms with E-state index in [0.29, 0.717) is 6.61 Å². The van der Waals surface area contributed by atoms with Crippen LogP contribution in [-0.4, -0.2) is 24.2 Å². The molecule has 0 saturated heterocycles. The smallest absolute Gasteiger partial charge is 0.305 e. The summed E-state index contributed by atoms with van der Waals surface area (Å²) in [6.45, 7) is 5.64. The van der Waals surface area contributed by atoms with Crippen molar-refractivity contribution in [1.82, 2.24) is 5.32 Å². The number of carboxylic acid groups (broad SMARTS) is 1. The number of ether oxygens (including phenoxy) is 1. The molecule has 0 saturated carbocycles. The van der Waals surface area contributed by atoms with Gasteiger partial charge in [-0.15, -0.1) is 0 Å². The Labute approximate surface area is 114 Å². The zero-order valence-electron chi connectivity index (χ0n) is 11.7. The van der Waals surface area contributed by atoms with Crippen molar-refractivity contribution in [3.05, 3.63) is 29.8 Å². The molecule has 1 atom stereocenters. The predicted octanol–water partition coefficient (Wildman–Crippen LogP) is 2.99. The van der Waals surface area contributed by atoms with Gasteiger partial charge in [0.15, 0.2) is 0 Å². The largest absolute Gasteiger partial charge is 0.494 e. The molecule has 4 nitrogen and oxygen atoms in total. The number of hydrogen-bond donors (Lipinski definition) is 2. The number of rotatable bonds is 9. The summed E-state index contributed by atoms with van der Waals surface area (Å²) in [6, 6.07) is 7.52. The fourth-order valence-corrected chi connectivity index (χ4v) is 1.82. The fraction of sp³-hybridized carbons (Fsp3) is 0.533. The quantitative estimate of drug-likeness (QED) is 0.720. The van der Waals surface area contributed by atoms with Crippen LogP contribution in [0.4, 0.5) is 0 Å². The molecule has 0 aromatic heterocycles. The lowest BCUT2D eigenvalue weighted by Gasteiger charge is -2.17. The lowest BCUT2D eigenvalue weighted by Crippen LogP contribution is -2.24. The Kier molecular flexibility index (Phi) is 6.97. The highest BCUT2D eigenvalue weighted by molar-refractivity contribution is 5.68. The first-order chi connectivity index (χ1) is 9.17. The molecule has 0 bridgehead atoms. The van der Waals surface area contributed by atoms with Crippen LogP contribution < -0.4 is 10.1 Å². The van der Waals surface area contributed by atoms with Gasteiger partial charge < -0.3 is 15.2 Å². The van der Waals surface area contributed by atoms with Gasteiger partial charge in [-0.25, -0.2) is 0 Å². The third-order valence-corrected chi connectivity index (χ3v) is 2.77. The summed E-state index contributed by atoms with van der Waals surface area (Å²) in [5, 5.41) is 12.2. The summed E-state index contributed by atoms with van der Waals surface area (Å²) >= 11 is 0. The third kappa shape index (κ3) is 5.75. The van der Waals surface area contributed by atoms with E-state index in [0.717, 1.165) is 30.7 Å². The van der Waals surface area contributed by atoms with Crippen LogP contribution in [0.5, 0.6) is 5.75 Å². The van der Waals surface area contributed by atoms with Crippen LogP contribution in [0.25, 0.3) is 0 Å². The number of aliphatic carboxylic acids is 1. The van der Waals surface area contributed by atoms with E-state index in [2.05, 4.69) is 19.2 Å². The predicted molar refractivity (Wildman–Crippen MR) is 75.5 cm³/mol. The molecule has 1 rings (SSSR count). The average Bonchev–Trinajstić information content (AvgIpc) is 2.41. The maximum atomic E-state index is 10.9. The first-order valence-electron chi connectivity index (χ1n) is 6.85. The minimum Gasteiger partial charge on any atom is -0.494 e. The van der Waals surface area contributed by atoms with Crippen LogP contribution in [0.1, 0.15) is 44.7 Å². The first kappa shape index (κ1) is 15.5. The molecule has 0 aliphatic heterocycles. The van der Waals surface area contributed by atoms with E-state index in [1.54, 1.807) is 0 Å². The molecule has 0 fully saturated rings. The van der Waals surface area contributed by atoms with Gasteiger partial charge in [0.2, 0.25) is 0 Å². The van der Waals surface area contributed by atoms with E-state index < -0.39 is 5.97 Å². The van der Waals surface area contributed by atoms with Gasteiger partial charge in [0.05, 0.1) is 13.0 Å². The van der Waals surface area contributed by atoms with Crippen molar-refractivity contribution in [2.24, 2.45) is 0 Å². The van der Waals surface area contributed by atoms with Crippen molar-refractivity contribution < 1.29 is 14.6 Å². The van der Waals surface area contributed by atoms with Crippen molar-refractivity contribution in [3.63, 3.8) is 0 Å². The molecule has 0 spiro atoms. The summed E-state index contributed by atoms with van der Waals surface area (Å²) in [7, 11) is 0. The van der Waals surface area contributed by atoms with Gasteiger partial charge in [-0.3, -0.25) is 4.79 Å². The minimum absolute atomic E-state index is 0.0924. The number of carbonyl (C=O) groups is 1. The Morgan fingerprint density at radius 1 is 1.26 bits per heavy atom. The van der Waals surface area contributed by atoms with E-state index >= 15 is 0 Å². The minimum atomic E-state index is -0.792. The molecule has 106 valence electrons. The van der Waals surface area contributed by atoms with E-state index in [1.807, 2.05) is 24.3 Å². The Balaban J connectivity index is 2.69. The Morgan fingerprint density at radius 2 is 1.95 bits per heavy atom. The van der Waals surface area contributed by atoms with Crippen molar-refractivity contribution in [2.45, 2.75) is 39.2 Å². The van der Waals surface area contributed by atoms with Crippen molar-refractivity contribution in [2.75, 3.05) is 13.2 Å². The van der Waals surface area contributed by atoms with Crippen LogP contribution in [0.15, 0.2) is 24.3 Å². The van der Waals surface area contributed by atoms with Crippen LogP contribution >= 0.6 is 0 Å². The zero-order valence-corrected chi connectivity index (χ0v) is 11.7. The molecular weight excluding hydrogens is 242 g/mol. The normalized spacial score (nSPS) is 12.1. The lowest BCUT2D eigenvalue weighted by molar-refractivity contribution is -0.137. The molecule has 19 heavy (non-hydrogen) atoms. The Bertz CT molecular complexity index is 375. The highest BCUT2D eigenvalue weighted by atomic mass is 16.5. The molecule has 1 aromatic carbocycles. The van der Waals surface area contributed by atoms with E-state index in [4.69, 9.17) is 9.84 Å². The molecule has 0 aliphatic rings. The third-order valence-electron chi connectivity index (χ3n) is 2.77. The molecule has 4 heteroatoms. The highest BCUT2D eigenvalue weighted by Crippen LogP contribution is 2.20. The number of nitrogens with one attached hydrogen (secondary N) is 1. The van der Waals surface area contributed by atoms with Crippen molar-refractivity contribution in [3.8, 4) is 5.75 Å². The van der Waals surface area contributed by atoms with E-state index in [1.165, 1.54) is 0 Å². The molecule has 0 radical (unpaired) electrons. The van der Waals surface area contributed by atoms with Gasteiger partial charge in [0.1, 0.15) is 5.75 Å². The fourth-order valence-electron chi connectivity index (χ4n) is 1.82. The molecule has 2 N–H and O–H groups in total. The SMILES string of the molecule is CCCNC(CC(=O)O)c1ccc(OCCC)cc1. The van der Waals surface area contributed by atoms with Gasteiger partial charge in [-0.05, 0) is 37.1 Å². The summed E-state index contributed by atoms with van der Waals surface area (Å²) in [5.74, 6) is 0.0371. The Hall–Kier alpha value is -1.55. The Morgan fingerprint density at radius 3 is 2.47 bits per heavy atom. The average molecular weight is 265 g/mol. The van der Waals surface area contributed by atoms with Gasteiger partial charge in [-0.1, -0.05) is 26.0 Å². The van der Waals surface area contributed by atoms with Gasteiger partial charge in [0, 0.05) is 6.04 Å². The highest BCUT2D eigenvalue weighted by Gasteiger charge is 2.14. The summed E-state index contributed by atoms with van der Waals surface area (Å²) in [6.07, 6.45) is 2.05. The van der Waals surface area contributed by atoms with Gasteiger partial charge in [-0.2, -0.15) is 0 Å².